The highest BCUT2D eigenvalue weighted by molar-refractivity contribution is 5.90. The summed E-state index contributed by atoms with van der Waals surface area (Å²) in [6, 6.07) is 18.6. The Labute approximate surface area is 149 Å². The van der Waals surface area contributed by atoms with Crippen molar-refractivity contribution >= 4 is 5.91 Å². The number of carbonyl (C=O) groups is 1. The summed E-state index contributed by atoms with van der Waals surface area (Å²) in [5.41, 5.74) is -0.520. The van der Waals surface area contributed by atoms with Crippen LogP contribution in [0.2, 0.25) is 0 Å². The van der Waals surface area contributed by atoms with Crippen LogP contribution in [-0.4, -0.2) is 41.6 Å². The maximum atomic E-state index is 13.0. The molecule has 0 spiro atoms. The maximum absolute atomic E-state index is 13.0. The van der Waals surface area contributed by atoms with Crippen LogP contribution in [0.4, 0.5) is 0 Å². The number of rotatable bonds is 6. The molecule has 4 heteroatoms. The Morgan fingerprint density at radius 1 is 1.12 bits per heavy atom. The number of amides is 1. The fourth-order valence-corrected chi connectivity index (χ4v) is 3.67. The number of carbonyl (C=O) groups excluding carboxylic acids is 1. The van der Waals surface area contributed by atoms with Crippen molar-refractivity contribution in [1.82, 2.24) is 10.2 Å². The molecule has 0 radical (unpaired) electrons. The van der Waals surface area contributed by atoms with E-state index in [2.05, 4.69) is 17.1 Å². The normalized spacial score (nSPS) is 18.2. The minimum atomic E-state index is -1.68. The van der Waals surface area contributed by atoms with Crippen molar-refractivity contribution in [3.63, 3.8) is 0 Å². The van der Waals surface area contributed by atoms with Gasteiger partial charge in [0.25, 0.3) is 5.91 Å². The third-order valence-electron chi connectivity index (χ3n) is 5.12. The van der Waals surface area contributed by atoms with Crippen molar-refractivity contribution < 1.29 is 9.90 Å². The summed E-state index contributed by atoms with van der Waals surface area (Å²) in [5.74, 6) is -0.368. The highest BCUT2D eigenvalue weighted by Gasteiger charge is 2.40. The van der Waals surface area contributed by atoms with Crippen LogP contribution < -0.4 is 5.32 Å². The standard InChI is InChI=1S/C21H26N2O2/c1-2-23-15-9-14-19(23)16-22-20(24)21(25,17-10-5-3-6-11-17)18-12-7-4-8-13-18/h3-8,10-13,19,25H,2,9,14-16H2,1H3,(H,22,24). The lowest BCUT2D eigenvalue weighted by Gasteiger charge is -2.30. The van der Waals surface area contributed by atoms with Crippen molar-refractivity contribution in [2.24, 2.45) is 0 Å². The van der Waals surface area contributed by atoms with E-state index >= 15 is 0 Å². The van der Waals surface area contributed by atoms with Gasteiger partial charge in [0.05, 0.1) is 0 Å². The van der Waals surface area contributed by atoms with Crippen molar-refractivity contribution in [3.8, 4) is 0 Å². The molecule has 1 saturated heterocycles. The largest absolute Gasteiger partial charge is 0.372 e. The summed E-state index contributed by atoms with van der Waals surface area (Å²) in [4.78, 5) is 15.4. The molecule has 1 aliphatic rings. The predicted octanol–water partition coefficient (Wildman–Crippen LogP) is 2.52. The van der Waals surface area contributed by atoms with Crippen LogP contribution in [0.3, 0.4) is 0 Å². The second-order valence-corrected chi connectivity index (χ2v) is 6.58. The number of likely N-dealkylation sites (tertiary alicyclic amines) is 1. The number of nitrogens with one attached hydrogen (secondary N) is 1. The molecule has 0 bridgehead atoms. The molecule has 2 N–H and O–H groups in total. The van der Waals surface area contributed by atoms with Gasteiger partial charge in [-0.2, -0.15) is 0 Å². The number of benzene rings is 2. The molecular weight excluding hydrogens is 312 g/mol. The first kappa shape index (κ1) is 17.6. The zero-order chi connectivity index (χ0) is 17.7. The fourth-order valence-electron chi connectivity index (χ4n) is 3.67. The molecule has 2 aromatic rings. The summed E-state index contributed by atoms with van der Waals surface area (Å²) in [7, 11) is 0. The summed E-state index contributed by atoms with van der Waals surface area (Å²) in [6.45, 7) is 4.78. The van der Waals surface area contributed by atoms with E-state index in [0.29, 0.717) is 23.7 Å². The highest BCUT2D eigenvalue weighted by atomic mass is 16.3. The van der Waals surface area contributed by atoms with Crippen molar-refractivity contribution in [2.75, 3.05) is 19.6 Å². The third kappa shape index (κ3) is 3.60. The van der Waals surface area contributed by atoms with Crippen molar-refractivity contribution in [2.45, 2.75) is 31.4 Å². The Hall–Kier alpha value is -2.17. The number of nitrogens with zero attached hydrogens (tertiary/aromatic N) is 1. The average Bonchev–Trinajstić information content (AvgIpc) is 3.14. The molecule has 2 aromatic carbocycles. The zero-order valence-corrected chi connectivity index (χ0v) is 14.7. The lowest BCUT2D eigenvalue weighted by Crippen LogP contribution is -2.49. The van der Waals surface area contributed by atoms with E-state index < -0.39 is 5.60 Å². The van der Waals surface area contributed by atoms with Gasteiger partial charge in [0.15, 0.2) is 5.60 Å². The van der Waals surface area contributed by atoms with Gasteiger partial charge in [0.1, 0.15) is 0 Å². The minimum absolute atomic E-state index is 0.352. The molecule has 4 nitrogen and oxygen atoms in total. The molecule has 1 fully saturated rings. The van der Waals surface area contributed by atoms with Gasteiger partial charge in [-0.05, 0) is 37.1 Å². The molecule has 0 aromatic heterocycles. The second-order valence-electron chi connectivity index (χ2n) is 6.58. The van der Waals surface area contributed by atoms with Gasteiger partial charge in [-0.1, -0.05) is 67.6 Å². The maximum Gasteiger partial charge on any atom is 0.261 e. The number of aliphatic hydroxyl groups is 1. The van der Waals surface area contributed by atoms with Gasteiger partial charge in [-0.25, -0.2) is 0 Å². The summed E-state index contributed by atoms with van der Waals surface area (Å²) in [6.07, 6.45) is 2.25. The van der Waals surface area contributed by atoms with E-state index in [4.69, 9.17) is 0 Å². The van der Waals surface area contributed by atoms with Crippen LogP contribution >= 0.6 is 0 Å². The van der Waals surface area contributed by atoms with Crippen LogP contribution in [0, 0.1) is 0 Å². The third-order valence-corrected chi connectivity index (χ3v) is 5.12. The summed E-state index contributed by atoms with van der Waals surface area (Å²) >= 11 is 0. The molecule has 1 heterocycles. The first-order valence-electron chi connectivity index (χ1n) is 9.02. The second kappa shape index (κ2) is 7.81. The molecule has 0 saturated carbocycles. The van der Waals surface area contributed by atoms with E-state index in [1.807, 2.05) is 36.4 Å². The molecular formula is C21H26N2O2. The first-order chi connectivity index (χ1) is 12.2. The smallest absolute Gasteiger partial charge is 0.261 e. The molecule has 1 unspecified atom stereocenters. The Morgan fingerprint density at radius 2 is 1.68 bits per heavy atom. The lowest BCUT2D eigenvalue weighted by atomic mass is 9.85. The topological polar surface area (TPSA) is 52.6 Å². The Balaban J connectivity index is 1.83. The van der Waals surface area contributed by atoms with Gasteiger partial charge in [-0.3, -0.25) is 9.69 Å². The van der Waals surface area contributed by atoms with E-state index in [1.165, 1.54) is 0 Å². The van der Waals surface area contributed by atoms with E-state index in [9.17, 15) is 9.90 Å². The number of likely N-dealkylation sites (N-methyl/N-ethyl adjacent to an activating group) is 1. The van der Waals surface area contributed by atoms with Crippen LogP contribution in [0.1, 0.15) is 30.9 Å². The van der Waals surface area contributed by atoms with Gasteiger partial charge in [0, 0.05) is 12.6 Å². The lowest BCUT2D eigenvalue weighted by molar-refractivity contribution is -0.136. The minimum Gasteiger partial charge on any atom is -0.372 e. The fraction of sp³-hybridized carbons (Fsp3) is 0.381. The Bertz CT molecular complexity index is 648. The summed E-state index contributed by atoms with van der Waals surface area (Å²) < 4.78 is 0. The highest BCUT2D eigenvalue weighted by Crippen LogP contribution is 2.30. The van der Waals surface area contributed by atoms with Crippen LogP contribution in [-0.2, 0) is 10.4 Å². The monoisotopic (exact) mass is 338 g/mol. The van der Waals surface area contributed by atoms with Gasteiger partial charge < -0.3 is 10.4 Å². The zero-order valence-electron chi connectivity index (χ0n) is 14.7. The average molecular weight is 338 g/mol. The van der Waals surface area contributed by atoms with Gasteiger partial charge in [0.2, 0.25) is 0 Å². The van der Waals surface area contributed by atoms with Crippen LogP contribution in [0.5, 0.6) is 0 Å². The van der Waals surface area contributed by atoms with E-state index in [1.54, 1.807) is 24.3 Å². The van der Waals surface area contributed by atoms with Crippen LogP contribution in [0.25, 0.3) is 0 Å². The van der Waals surface area contributed by atoms with E-state index in [-0.39, 0.29) is 5.91 Å². The Kier molecular flexibility index (Phi) is 5.51. The molecule has 25 heavy (non-hydrogen) atoms. The molecule has 1 aliphatic heterocycles. The SMILES string of the molecule is CCN1CCCC1CNC(=O)C(O)(c1ccccc1)c1ccccc1. The number of hydrogen-bond acceptors (Lipinski definition) is 3. The quantitative estimate of drug-likeness (QED) is 0.851. The predicted molar refractivity (Wildman–Crippen MR) is 99.2 cm³/mol. The van der Waals surface area contributed by atoms with Crippen LogP contribution in [0.15, 0.2) is 60.7 Å². The van der Waals surface area contributed by atoms with E-state index in [0.717, 1.165) is 25.9 Å². The molecule has 132 valence electrons. The molecule has 0 aliphatic carbocycles. The van der Waals surface area contributed by atoms with Crippen molar-refractivity contribution in [1.29, 1.82) is 0 Å². The first-order valence-corrected chi connectivity index (χ1v) is 9.02. The Morgan fingerprint density at radius 3 is 2.20 bits per heavy atom. The molecule has 1 amide bonds. The van der Waals surface area contributed by atoms with Gasteiger partial charge >= 0.3 is 0 Å². The molecule has 1 atom stereocenters. The van der Waals surface area contributed by atoms with Gasteiger partial charge in [-0.15, -0.1) is 0 Å². The van der Waals surface area contributed by atoms with Crippen molar-refractivity contribution in [3.05, 3.63) is 71.8 Å². The summed E-state index contributed by atoms with van der Waals surface area (Å²) in [5, 5.41) is 14.4. The molecule has 3 rings (SSSR count). The number of hydrogen-bond donors (Lipinski definition) is 2.